The minimum absolute atomic E-state index is 0.152. The summed E-state index contributed by atoms with van der Waals surface area (Å²) in [5, 5.41) is 1.03. The number of nitrogens with zero attached hydrogens (tertiary/aromatic N) is 4. The Labute approximate surface area is 187 Å². The Morgan fingerprint density at radius 1 is 1.00 bits per heavy atom. The lowest BCUT2D eigenvalue weighted by molar-refractivity contribution is -0.131. The van der Waals surface area contributed by atoms with Gasteiger partial charge >= 0.3 is 0 Å². The molecule has 0 N–H and O–H groups in total. The van der Waals surface area contributed by atoms with E-state index in [1.165, 1.54) is 10.4 Å². The molecule has 5 nitrogen and oxygen atoms in total. The van der Waals surface area contributed by atoms with Crippen molar-refractivity contribution in [1.82, 2.24) is 14.9 Å². The van der Waals surface area contributed by atoms with Crippen LogP contribution in [-0.4, -0.2) is 40.9 Å². The van der Waals surface area contributed by atoms with Crippen molar-refractivity contribution < 1.29 is 4.79 Å². The number of carbonyl (C=O) groups is 1. The monoisotopic (exact) mass is 430 g/mol. The maximum atomic E-state index is 12.8. The number of benzene rings is 2. The molecule has 2 heterocycles. The summed E-state index contributed by atoms with van der Waals surface area (Å²) in [5.41, 5.74) is 2.32. The lowest BCUT2D eigenvalue weighted by atomic mass is 10.2. The van der Waals surface area contributed by atoms with Gasteiger partial charge in [-0.15, -0.1) is 11.3 Å². The van der Waals surface area contributed by atoms with E-state index in [1.807, 2.05) is 55.3 Å². The molecule has 0 unspecified atom stereocenters. The molecule has 0 radical (unpaired) electrons. The zero-order chi connectivity index (χ0) is 21.6. The quantitative estimate of drug-likeness (QED) is 0.384. The fraction of sp³-hybridized carbons (Fsp3) is 0.240. The van der Waals surface area contributed by atoms with Gasteiger partial charge in [-0.25, -0.2) is 9.97 Å². The Morgan fingerprint density at radius 2 is 1.71 bits per heavy atom. The van der Waals surface area contributed by atoms with Crippen molar-refractivity contribution in [2.45, 2.75) is 19.9 Å². The van der Waals surface area contributed by atoms with Crippen molar-refractivity contribution in [1.29, 1.82) is 0 Å². The minimum Gasteiger partial charge on any atom is -0.359 e. The van der Waals surface area contributed by atoms with E-state index >= 15 is 0 Å². The smallest absolute Gasteiger partial charge is 0.224 e. The number of carbonyl (C=O) groups excluding carboxylic acids is 1. The third-order valence-corrected chi connectivity index (χ3v) is 6.43. The van der Waals surface area contributed by atoms with Gasteiger partial charge in [0.25, 0.3) is 0 Å². The first-order valence-corrected chi connectivity index (χ1v) is 11.3. The summed E-state index contributed by atoms with van der Waals surface area (Å²) >= 11 is 1.66. The van der Waals surface area contributed by atoms with Crippen LogP contribution in [-0.2, 0) is 11.3 Å². The molecule has 1 amide bonds. The second-order valence-electron chi connectivity index (χ2n) is 7.46. The van der Waals surface area contributed by atoms with Gasteiger partial charge in [0.2, 0.25) is 5.91 Å². The molecule has 0 aliphatic rings. The summed E-state index contributed by atoms with van der Waals surface area (Å²) in [7, 11) is 1.99. The molecule has 0 fully saturated rings. The van der Waals surface area contributed by atoms with Crippen LogP contribution in [0.25, 0.3) is 20.7 Å². The topological polar surface area (TPSA) is 49.3 Å². The number of aromatic nitrogens is 2. The number of rotatable bonds is 8. The lowest BCUT2D eigenvalue weighted by Gasteiger charge is -2.23. The normalized spacial score (nSPS) is 10.9. The Kier molecular flexibility index (Phi) is 6.57. The summed E-state index contributed by atoms with van der Waals surface area (Å²) < 4.78 is 0. The molecule has 0 aliphatic carbocycles. The van der Waals surface area contributed by atoms with Crippen molar-refractivity contribution in [2.75, 3.05) is 25.0 Å². The van der Waals surface area contributed by atoms with E-state index in [2.05, 4.69) is 45.2 Å². The van der Waals surface area contributed by atoms with Crippen LogP contribution in [0.4, 0.5) is 5.82 Å². The van der Waals surface area contributed by atoms with Gasteiger partial charge in [0.1, 0.15) is 17.0 Å². The predicted molar refractivity (Wildman–Crippen MR) is 128 cm³/mol. The van der Waals surface area contributed by atoms with Crippen molar-refractivity contribution in [3.8, 4) is 10.4 Å². The molecule has 4 aromatic rings. The fourth-order valence-electron chi connectivity index (χ4n) is 3.60. The Morgan fingerprint density at radius 3 is 2.42 bits per heavy atom. The molecule has 0 bridgehead atoms. The van der Waals surface area contributed by atoms with E-state index in [1.54, 1.807) is 17.7 Å². The molecule has 4 rings (SSSR count). The van der Waals surface area contributed by atoms with E-state index in [-0.39, 0.29) is 5.91 Å². The predicted octanol–water partition coefficient (Wildman–Crippen LogP) is 5.23. The van der Waals surface area contributed by atoms with Crippen molar-refractivity contribution in [3.05, 3.63) is 78.6 Å². The van der Waals surface area contributed by atoms with Crippen molar-refractivity contribution >= 4 is 33.3 Å². The molecule has 0 saturated carbocycles. The lowest BCUT2D eigenvalue weighted by Crippen LogP contribution is -2.33. The van der Waals surface area contributed by atoms with Crippen LogP contribution in [0.2, 0.25) is 0 Å². The van der Waals surface area contributed by atoms with Gasteiger partial charge in [0, 0.05) is 38.0 Å². The number of thiophene rings is 1. The first-order valence-electron chi connectivity index (χ1n) is 10.5. The Balaban J connectivity index is 1.46. The molecule has 0 saturated heterocycles. The molecule has 31 heavy (non-hydrogen) atoms. The highest BCUT2D eigenvalue weighted by atomic mass is 32.1. The molecule has 2 aromatic carbocycles. The first kappa shape index (κ1) is 21.0. The van der Waals surface area contributed by atoms with Gasteiger partial charge in [-0.1, -0.05) is 60.7 Å². The molecule has 0 spiro atoms. The van der Waals surface area contributed by atoms with Gasteiger partial charge in [0.05, 0.1) is 5.39 Å². The summed E-state index contributed by atoms with van der Waals surface area (Å²) in [6, 6.07) is 22.6. The zero-order valence-electron chi connectivity index (χ0n) is 17.9. The Bertz CT molecular complexity index is 1140. The highest BCUT2D eigenvalue weighted by molar-refractivity contribution is 7.21. The SMILES string of the molecule is CCN(Cc1ccccc1)C(=O)CCN(C)c1ncnc2sc(-c3ccccc3)cc12. The highest BCUT2D eigenvalue weighted by Gasteiger charge is 2.16. The fourth-order valence-corrected chi connectivity index (χ4v) is 4.60. The Hall–Kier alpha value is -3.25. The van der Waals surface area contributed by atoms with Crippen molar-refractivity contribution in [3.63, 3.8) is 0 Å². The van der Waals surface area contributed by atoms with Gasteiger partial charge < -0.3 is 9.80 Å². The van der Waals surface area contributed by atoms with Crippen LogP contribution in [0.3, 0.4) is 0 Å². The number of hydrogen-bond donors (Lipinski definition) is 0. The first-order chi connectivity index (χ1) is 15.2. The number of amides is 1. The molecular formula is C25H26N4OS. The largest absolute Gasteiger partial charge is 0.359 e. The standard InChI is InChI=1S/C25H26N4OS/c1-3-29(17-19-10-6-4-7-11-19)23(30)14-15-28(2)24-21-16-22(20-12-8-5-9-13-20)31-25(21)27-18-26-24/h4-13,16,18H,3,14-15,17H2,1-2H3. The molecule has 2 aromatic heterocycles. The van der Waals surface area contributed by atoms with E-state index < -0.39 is 0 Å². The second-order valence-corrected chi connectivity index (χ2v) is 8.49. The molecule has 6 heteroatoms. The van der Waals surface area contributed by atoms with Gasteiger partial charge in [-0.05, 0) is 24.1 Å². The van der Waals surface area contributed by atoms with Crippen LogP contribution < -0.4 is 4.90 Å². The van der Waals surface area contributed by atoms with Crippen LogP contribution >= 0.6 is 11.3 Å². The number of fused-ring (bicyclic) bond motifs is 1. The molecule has 0 atom stereocenters. The van der Waals surface area contributed by atoms with E-state index in [4.69, 9.17) is 0 Å². The average molecular weight is 431 g/mol. The van der Waals surface area contributed by atoms with Crippen molar-refractivity contribution in [2.24, 2.45) is 0 Å². The maximum absolute atomic E-state index is 12.8. The van der Waals surface area contributed by atoms with E-state index in [0.717, 1.165) is 21.6 Å². The van der Waals surface area contributed by atoms with Crippen LogP contribution in [0.5, 0.6) is 0 Å². The molecule has 0 aliphatic heterocycles. The summed E-state index contributed by atoms with van der Waals surface area (Å²) in [6.45, 7) is 3.96. The maximum Gasteiger partial charge on any atom is 0.224 e. The van der Waals surface area contributed by atoms with Crippen LogP contribution in [0.1, 0.15) is 18.9 Å². The third kappa shape index (κ3) is 4.91. The number of hydrogen-bond acceptors (Lipinski definition) is 5. The average Bonchev–Trinajstić information content (AvgIpc) is 3.26. The summed E-state index contributed by atoms with van der Waals surface area (Å²) in [6.07, 6.45) is 2.05. The summed E-state index contributed by atoms with van der Waals surface area (Å²) in [4.78, 5) is 27.9. The third-order valence-electron chi connectivity index (χ3n) is 5.34. The van der Waals surface area contributed by atoms with Crippen LogP contribution in [0, 0.1) is 0 Å². The highest BCUT2D eigenvalue weighted by Crippen LogP contribution is 2.35. The summed E-state index contributed by atoms with van der Waals surface area (Å²) in [5.74, 6) is 1.01. The minimum atomic E-state index is 0.152. The van der Waals surface area contributed by atoms with Gasteiger partial charge in [-0.2, -0.15) is 0 Å². The second kappa shape index (κ2) is 9.71. The van der Waals surface area contributed by atoms with E-state index in [9.17, 15) is 4.79 Å². The van der Waals surface area contributed by atoms with E-state index in [0.29, 0.717) is 26.1 Å². The van der Waals surface area contributed by atoms with Gasteiger partial charge in [0.15, 0.2) is 0 Å². The number of anilines is 1. The molecule has 158 valence electrons. The van der Waals surface area contributed by atoms with Crippen LogP contribution in [0.15, 0.2) is 73.1 Å². The van der Waals surface area contributed by atoms with Gasteiger partial charge in [-0.3, -0.25) is 4.79 Å². The molecular weight excluding hydrogens is 404 g/mol. The zero-order valence-corrected chi connectivity index (χ0v) is 18.7.